The van der Waals surface area contributed by atoms with E-state index in [-0.39, 0.29) is 5.91 Å². The average Bonchev–Trinajstić information content (AvgIpc) is 3.05. The van der Waals surface area contributed by atoms with Gasteiger partial charge in [-0.05, 0) is 29.7 Å². The number of hydrogen-bond acceptors (Lipinski definition) is 3. The van der Waals surface area contributed by atoms with Gasteiger partial charge < -0.3 is 15.3 Å². The lowest BCUT2D eigenvalue weighted by atomic mass is 10.1. The molecule has 26 heavy (non-hydrogen) atoms. The van der Waals surface area contributed by atoms with Crippen LogP contribution in [0.1, 0.15) is 40.4 Å². The van der Waals surface area contributed by atoms with Crippen molar-refractivity contribution in [2.45, 2.75) is 25.4 Å². The lowest BCUT2D eigenvalue weighted by molar-refractivity contribution is -0.139. The molecule has 0 spiro atoms. The number of benzene rings is 2. The highest BCUT2D eigenvalue weighted by Crippen LogP contribution is 2.16. The van der Waals surface area contributed by atoms with E-state index in [4.69, 9.17) is 0 Å². The normalized spacial score (nSPS) is 14.9. The standard InChI is InChI=1S/C20H20N2O4/c23-17-7-4-12-22(17)13-14-8-10-16(11-9-14)19(24)21-18(20(25)26)15-5-2-1-3-6-15/h1-3,5-6,8-11,18H,4,7,12-13H2,(H,21,24)(H,25,26)/t18-/m1/s1. The molecule has 1 saturated heterocycles. The van der Waals surface area contributed by atoms with Gasteiger partial charge in [0.1, 0.15) is 0 Å². The van der Waals surface area contributed by atoms with Gasteiger partial charge in [0.05, 0.1) is 0 Å². The van der Waals surface area contributed by atoms with E-state index in [1.54, 1.807) is 59.5 Å². The second-order valence-corrected chi connectivity index (χ2v) is 6.27. The van der Waals surface area contributed by atoms with Crippen molar-refractivity contribution in [3.63, 3.8) is 0 Å². The smallest absolute Gasteiger partial charge is 0.330 e. The van der Waals surface area contributed by atoms with Crippen LogP contribution >= 0.6 is 0 Å². The van der Waals surface area contributed by atoms with Gasteiger partial charge in [0, 0.05) is 25.1 Å². The molecular formula is C20H20N2O4. The molecule has 134 valence electrons. The van der Waals surface area contributed by atoms with Crippen molar-refractivity contribution in [2.24, 2.45) is 0 Å². The van der Waals surface area contributed by atoms with Crippen LogP contribution in [0.15, 0.2) is 54.6 Å². The Kier molecular flexibility index (Phi) is 5.31. The van der Waals surface area contributed by atoms with Crippen LogP contribution in [0.3, 0.4) is 0 Å². The number of nitrogens with zero attached hydrogens (tertiary/aromatic N) is 1. The van der Waals surface area contributed by atoms with Gasteiger partial charge in [-0.25, -0.2) is 4.79 Å². The number of carboxylic acids is 1. The number of aliphatic carboxylic acids is 1. The summed E-state index contributed by atoms with van der Waals surface area (Å²) in [5.74, 6) is -1.42. The number of carbonyl (C=O) groups is 3. The zero-order valence-electron chi connectivity index (χ0n) is 14.2. The van der Waals surface area contributed by atoms with Crippen LogP contribution in [-0.2, 0) is 16.1 Å². The Bertz CT molecular complexity index is 802. The first kappa shape index (κ1) is 17.7. The van der Waals surface area contributed by atoms with Gasteiger partial charge in [-0.1, -0.05) is 42.5 Å². The third-order valence-corrected chi connectivity index (χ3v) is 4.42. The predicted molar refractivity (Wildman–Crippen MR) is 95.4 cm³/mol. The van der Waals surface area contributed by atoms with Crippen molar-refractivity contribution in [1.29, 1.82) is 0 Å². The largest absolute Gasteiger partial charge is 0.479 e. The molecule has 1 aliphatic heterocycles. The molecule has 6 nitrogen and oxygen atoms in total. The topological polar surface area (TPSA) is 86.7 Å². The summed E-state index contributed by atoms with van der Waals surface area (Å²) in [5, 5.41) is 11.9. The third-order valence-electron chi connectivity index (χ3n) is 4.42. The van der Waals surface area contributed by atoms with E-state index in [1.165, 1.54) is 0 Å². The highest BCUT2D eigenvalue weighted by atomic mass is 16.4. The molecule has 0 bridgehead atoms. The lowest BCUT2D eigenvalue weighted by Gasteiger charge is -2.16. The Hall–Kier alpha value is -3.15. The van der Waals surface area contributed by atoms with Crippen LogP contribution in [0.4, 0.5) is 0 Å². The first-order chi connectivity index (χ1) is 12.5. The zero-order valence-corrected chi connectivity index (χ0v) is 14.2. The first-order valence-electron chi connectivity index (χ1n) is 8.50. The summed E-state index contributed by atoms with van der Waals surface area (Å²) in [5.41, 5.74) is 1.83. The molecule has 1 fully saturated rings. The summed E-state index contributed by atoms with van der Waals surface area (Å²) >= 11 is 0. The van der Waals surface area contributed by atoms with Crippen molar-refractivity contribution < 1.29 is 19.5 Å². The van der Waals surface area contributed by atoms with Crippen LogP contribution < -0.4 is 5.32 Å². The second-order valence-electron chi connectivity index (χ2n) is 6.27. The van der Waals surface area contributed by atoms with Gasteiger partial charge in [0.25, 0.3) is 5.91 Å². The summed E-state index contributed by atoms with van der Waals surface area (Å²) in [6, 6.07) is 14.3. The maximum atomic E-state index is 12.4. The van der Waals surface area contributed by atoms with Crippen LogP contribution in [0.2, 0.25) is 0 Å². The SMILES string of the molecule is O=C(N[C@@H](C(=O)O)c1ccccc1)c1ccc(CN2CCCC2=O)cc1. The second kappa shape index (κ2) is 7.82. The minimum Gasteiger partial charge on any atom is -0.479 e. The molecular weight excluding hydrogens is 332 g/mol. The van der Waals surface area contributed by atoms with Crippen LogP contribution in [0, 0.1) is 0 Å². The molecule has 2 aromatic rings. The number of rotatable bonds is 6. The Morgan fingerprint density at radius 2 is 1.77 bits per heavy atom. The summed E-state index contributed by atoms with van der Waals surface area (Å²) in [4.78, 5) is 37.4. The number of likely N-dealkylation sites (tertiary alicyclic amines) is 1. The molecule has 1 aliphatic rings. The van der Waals surface area contributed by atoms with Crippen LogP contribution in [0.5, 0.6) is 0 Å². The van der Waals surface area contributed by atoms with Gasteiger partial charge in [-0.3, -0.25) is 9.59 Å². The van der Waals surface area contributed by atoms with Crippen molar-refractivity contribution in [3.8, 4) is 0 Å². The quantitative estimate of drug-likeness (QED) is 0.836. The van der Waals surface area contributed by atoms with Crippen LogP contribution in [-0.4, -0.2) is 34.3 Å². The monoisotopic (exact) mass is 352 g/mol. The van der Waals surface area contributed by atoms with Gasteiger partial charge in [0.2, 0.25) is 5.91 Å². The number of carboxylic acid groups (broad SMARTS) is 1. The lowest BCUT2D eigenvalue weighted by Crippen LogP contribution is -2.33. The van der Waals surface area contributed by atoms with Gasteiger partial charge in [-0.2, -0.15) is 0 Å². The molecule has 1 heterocycles. The maximum absolute atomic E-state index is 12.4. The van der Waals surface area contributed by atoms with E-state index >= 15 is 0 Å². The summed E-state index contributed by atoms with van der Waals surface area (Å²) in [7, 11) is 0. The van der Waals surface area contributed by atoms with E-state index in [2.05, 4.69) is 5.32 Å². The fraction of sp³-hybridized carbons (Fsp3) is 0.250. The number of amides is 2. The minimum atomic E-state index is -1.12. The zero-order chi connectivity index (χ0) is 18.5. The van der Waals surface area contributed by atoms with Crippen LogP contribution in [0.25, 0.3) is 0 Å². The van der Waals surface area contributed by atoms with E-state index in [0.29, 0.717) is 24.1 Å². The first-order valence-corrected chi connectivity index (χ1v) is 8.50. The van der Waals surface area contributed by atoms with E-state index in [0.717, 1.165) is 18.5 Å². The van der Waals surface area contributed by atoms with Crippen molar-refractivity contribution in [2.75, 3.05) is 6.54 Å². The fourth-order valence-electron chi connectivity index (χ4n) is 3.00. The van der Waals surface area contributed by atoms with Crippen molar-refractivity contribution in [3.05, 3.63) is 71.3 Å². The number of nitrogens with one attached hydrogen (secondary N) is 1. The summed E-state index contributed by atoms with van der Waals surface area (Å²) in [6.07, 6.45) is 1.48. The molecule has 1 atom stereocenters. The van der Waals surface area contributed by atoms with Crippen molar-refractivity contribution in [1.82, 2.24) is 10.2 Å². The molecule has 2 N–H and O–H groups in total. The fourth-order valence-corrected chi connectivity index (χ4v) is 3.00. The summed E-state index contributed by atoms with van der Waals surface area (Å²) < 4.78 is 0. The molecule has 6 heteroatoms. The Balaban J connectivity index is 1.67. The molecule has 0 unspecified atom stereocenters. The molecule has 2 amide bonds. The molecule has 0 aromatic heterocycles. The maximum Gasteiger partial charge on any atom is 0.330 e. The summed E-state index contributed by atoms with van der Waals surface area (Å²) in [6.45, 7) is 1.29. The molecule has 2 aromatic carbocycles. The van der Waals surface area contributed by atoms with Gasteiger partial charge in [-0.15, -0.1) is 0 Å². The number of carbonyl (C=O) groups excluding carboxylic acids is 2. The van der Waals surface area contributed by atoms with E-state index in [9.17, 15) is 19.5 Å². The van der Waals surface area contributed by atoms with Crippen molar-refractivity contribution >= 4 is 17.8 Å². The molecule has 0 radical (unpaired) electrons. The Morgan fingerprint density at radius 1 is 1.08 bits per heavy atom. The predicted octanol–water partition coefficient (Wildman–Crippen LogP) is 2.36. The molecule has 3 rings (SSSR count). The third kappa shape index (κ3) is 4.08. The van der Waals surface area contributed by atoms with E-state index < -0.39 is 17.9 Å². The van der Waals surface area contributed by atoms with Gasteiger partial charge >= 0.3 is 5.97 Å². The minimum absolute atomic E-state index is 0.152. The highest BCUT2D eigenvalue weighted by Gasteiger charge is 2.23. The Morgan fingerprint density at radius 3 is 2.35 bits per heavy atom. The number of hydrogen-bond donors (Lipinski definition) is 2. The molecule has 0 aliphatic carbocycles. The Labute approximate surface area is 151 Å². The van der Waals surface area contributed by atoms with Gasteiger partial charge in [0.15, 0.2) is 6.04 Å². The van der Waals surface area contributed by atoms with E-state index in [1.807, 2.05) is 0 Å². The molecule has 0 saturated carbocycles. The highest BCUT2D eigenvalue weighted by molar-refractivity contribution is 5.96. The average molecular weight is 352 g/mol.